The number of phenolic OH excluding ortho intramolecular Hbond substituents is 4. The molecule has 0 unspecified atom stereocenters. The quantitative estimate of drug-likeness (QED) is 0.204. The van der Waals surface area contributed by atoms with Crippen LogP contribution < -0.4 is 0 Å². The van der Waals surface area contributed by atoms with E-state index in [0.29, 0.717) is 22.1 Å². The van der Waals surface area contributed by atoms with Gasteiger partial charge in [0.25, 0.3) is 0 Å². The number of rotatable bonds is 3. The lowest BCUT2D eigenvalue weighted by Crippen LogP contribution is -1.99. The molecule has 8 nitrogen and oxygen atoms in total. The van der Waals surface area contributed by atoms with Gasteiger partial charge in [-0.3, -0.25) is 0 Å². The van der Waals surface area contributed by atoms with Crippen LogP contribution in [0.15, 0.2) is 48.5 Å². The van der Waals surface area contributed by atoms with Gasteiger partial charge in [-0.05, 0) is 73.2 Å². The molecule has 0 aliphatic carbocycles. The second-order valence-corrected chi connectivity index (χ2v) is 9.14. The van der Waals surface area contributed by atoms with Crippen molar-refractivity contribution in [2.24, 2.45) is 0 Å². The maximum Gasteiger partial charge on any atom is 0.159 e. The molecule has 0 atom stereocenters. The summed E-state index contributed by atoms with van der Waals surface area (Å²) in [5.41, 5.74) is 9.46. The summed E-state index contributed by atoms with van der Waals surface area (Å²) >= 11 is 0. The average Bonchev–Trinajstić information content (AvgIpc) is 2.82. The van der Waals surface area contributed by atoms with Crippen LogP contribution in [0.1, 0.15) is 22.3 Å². The van der Waals surface area contributed by atoms with Gasteiger partial charge in [0, 0.05) is 24.3 Å². The zero-order chi connectivity index (χ0) is 25.1. The summed E-state index contributed by atoms with van der Waals surface area (Å²) in [6.45, 7) is 4.09. The van der Waals surface area contributed by atoms with Crippen molar-refractivity contribution in [2.75, 3.05) is 0 Å². The lowest BCUT2D eigenvalue weighted by atomic mass is 9.97. The Hall–Kier alpha value is -4.72. The molecule has 0 saturated heterocycles. The van der Waals surface area contributed by atoms with Gasteiger partial charge in [-0.15, -0.1) is 0 Å². The normalized spacial score (nSPS) is 11.7. The molecule has 0 fully saturated rings. The molecule has 0 bridgehead atoms. The van der Waals surface area contributed by atoms with Gasteiger partial charge in [0.1, 0.15) is 0 Å². The predicted octanol–water partition coefficient (Wildman–Crippen LogP) is 5.10. The Kier molecular flexibility index (Phi) is 4.79. The van der Waals surface area contributed by atoms with Crippen LogP contribution in [0.25, 0.3) is 44.1 Å². The number of hydrogen-bond acceptors (Lipinski definition) is 8. The largest absolute Gasteiger partial charge is 0.504 e. The molecule has 0 amide bonds. The first-order valence-corrected chi connectivity index (χ1v) is 11.5. The fourth-order valence-electron chi connectivity index (χ4n) is 4.60. The third-order valence-electron chi connectivity index (χ3n) is 6.64. The zero-order valence-electron chi connectivity index (χ0n) is 19.6. The van der Waals surface area contributed by atoms with Crippen LogP contribution in [0.5, 0.6) is 23.0 Å². The van der Waals surface area contributed by atoms with Crippen LogP contribution in [-0.2, 0) is 12.8 Å². The molecule has 8 heteroatoms. The summed E-state index contributed by atoms with van der Waals surface area (Å²) < 4.78 is 0. The summed E-state index contributed by atoms with van der Waals surface area (Å²) in [7, 11) is 0. The van der Waals surface area contributed by atoms with E-state index in [1.165, 1.54) is 24.3 Å². The molecule has 2 aromatic heterocycles. The monoisotopic (exact) mass is 478 g/mol. The van der Waals surface area contributed by atoms with Crippen LogP contribution in [0.3, 0.4) is 0 Å². The molecule has 36 heavy (non-hydrogen) atoms. The van der Waals surface area contributed by atoms with Crippen LogP contribution in [0.2, 0.25) is 0 Å². The number of fused-ring (bicyclic) bond motifs is 4. The van der Waals surface area contributed by atoms with Gasteiger partial charge in [-0.2, -0.15) is 0 Å². The van der Waals surface area contributed by atoms with Gasteiger partial charge < -0.3 is 20.4 Å². The Bertz CT molecular complexity index is 1730. The van der Waals surface area contributed by atoms with Crippen molar-refractivity contribution in [3.05, 3.63) is 70.8 Å². The topological polar surface area (TPSA) is 132 Å². The fourth-order valence-corrected chi connectivity index (χ4v) is 4.60. The summed E-state index contributed by atoms with van der Waals surface area (Å²) in [5, 5.41) is 39.2. The van der Waals surface area contributed by atoms with E-state index in [-0.39, 0.29) is 23.0 Å². The van der Waals surface area contributed by atoms with Gasteiger partial charge in [0.05, 0.1) is 44.1 Å². The molecule has 0 saturated carbocycles. The number of phenols is 4. The van der Waals surface area contributed by atoms with Crippen molar-refractivity contribution in [2.45, 2.75) is 26.7 Å². The van der Waals surface area contributed by atoms with E-state index < -0.39 is 0 Å². The van der Waals surface area contributed by atoms with Gasteiger partial charge in [0.15, 0.2) is 23.0 Å². The van der Waals surface area contributed by atoms with Crippen LogP contribution in [0, 0.1) is 13.8 Å². The third-order valence-corrected chi connectivity index (χ3v) is 6.64. The van der Waals surface area contributed by atoms with Crippen LogP contribution >= 0.6 is 0 Å². The predicted molar refractivity (Wildman–Crippen MR) is 138 cm³/mol. The highest BCUT2D eigenvalue weighted by Gasteiger charge is 2.12. The summed E-state index contributed by atoms with van der Waals surface area (Å²) in [6.07, 6.45) is 1.56. The number of aromatic hydroxyl groups is 4. The van der Waals surface area contributed by atoms with E-state index in [0.717, 1.165) is 57.2 Å². The smallest absolute Gasteiger partial charge is 0.159 e. The van der Waals surface area contributed by atoms with Crippen molar-refractivity contribution >= 4 is 44.1 Å². The third kappa shape index (κ3) is 3.63. The first kappa shape index (κ1) is 21.8. The molecular formula is C28H22N4O4. The minimum Gasteiger partial charge on any atom is -0.504 e. The molecule has 6 aromatic rings. The van der Waals surface area contributed by atoms with Crippen molar-refractivity contribution in [1.29, 1.82) is 0 Å². The van der Waals surface area contributed by atoms with E-state index in [4.69, 9.17) is 0 Å². The second kappa shape index (κ2) is 7.91. The highest BCUT2D eigenvalue weighted by atomic mass is 16.3. The second-order valence-electron chi connectivity index (χ2n) is 9.14. The maximum absolute atomic E-state index is 9.83. The van der Waals surface area contributed by atoms with Crippen molar-refractivity contribution in [3.8, 4) is 23.0 Å². The molecule has 4 N–H and O–H groups in total. The van der Waals surface area contributed by atoms with Gasteiger partial charge >= 0.3 is 0 Å². The fraction of sp³-hybridized carbons (Fsp3) is 0.143. The first-order chi connectivity index (χ1) is 17.2. The summed E-state index contributed by atoms with van der Waals surface area (Å²) in [6, 6.07) is 13.7. The Morgan fingerprint density at radius 2 is 0.667 bits per heavy atom. The van der Waals surface area contributed by atoms with Gasteiger partial charge in [-0.1, -0.05) is 0 Å². The number of aromatic nitrogens is 4. The zero-order valence-corrected chi connectivity index (χ0v) is 19.6. The van der Waals surface area contributed by atoms with Crippen molar-refractivity contribution < 1.29 is 20.4 Å². The van der Waals surface area contributed by atoms with Gasteiger partial charge in [-0.25, -0.2) is 19.9 Å². The highest BCUT2D eigenvalue weighted by Crippen LogP contribution is 2.32. The van der Waals surface area contributed by atoms with Crippen molar-refractivity contribution in [3.63, 3.8) is 0 Å². The molecule has 0 aliphatic heterocycles. The molecule has 178 valence electrons. The van der Waals surface area contributed by atoms with E-state index in [9.17, 15) is 20.4 Å². The molecule has 0 radical (unpaired) electrons. The molecule has 6 rings (SSSR count). The van der Waals surface area contributed by atoms with Crippen LogP contribution in [0.4, 0.5) is 0 Å². The standard InChI is InChI=1S/C28H22N4O4/c1-13-5-17-19(31-23-11-27(35)25(33)9-21(23)29-17)7-15(13)3-4-16-8-20-18(6-14(16)2)30-22-10-26(34)28(36)12-24(22)32-20/h5-12,33-36H,3-4H2,1-2H3. The highest BCUT2D eigenvalue weighted by molar-refractivity contribution is 5.90. The van der Waals surface area contributed by atoms with Crippen molar-refractivity contribution in [1.82, 2.24) is 19.9 Å². The minimum atomic E-state index is -0.224. The summed E-state index contributed by atoms with van der Waals surface area (Å²) in [5.74, 6) is -0.887. The number of benzene rings is 4. The number of aryl methyl sites for hydroxylation is 4. The molecule has 4 aromatic carbocycles. The Balaban J connectivity index is 1.35. The molecule has 0 aliphatic rings. The number of hydrogen-bond donors (Lipinski definition) is 4. The SMILES string of the molecule is Cc1cc2nc3cc(O)c(O)cc3nc2cc1CCc1cc2nc3cc(O)c(O)cc3nc2cc1C. The first-order valence-electron chi connectivity index (χ1n) is 11.5. The van der Waals surface area contributed by atoms with Crippen LogP contribution in [-0.4, -0.2) is 40.4 Å². The minimum absolute atomic E-state index is 0.220. The maximum atomic E-state index is 9.83. The average molecular weight is 479 g/mol. The lowest BCUT2D eigenvalue weighted by Gasteiger charge is -2.12. The van der Waals surface area contributed by atoms with E-state index in [1.807, 2.05) is 38.1 Å². The van der Waals surface area contributed by atoms with E-state index in [2.05, 4.69) is 19.9 Å². The lowest BCUT2D eigenvalue weighted by molar-refractivity contribution is 0.404. The molecule has 0 spiro atoms. The molecular weight excluding hydrogens is 456 g/mol. The Morgan fingerprint density at radius 1 is 0.417 bits per heavy atom. The summed E-state index contributed by atoms with van der Waals surface area (Å²) in [4.78, 5) is 18.5. The van der Waals surface area contributed by atoms with Gasteiger partial charge in [0.2, 0.25) is 0 Å². The molecule has 2 heterocycles. The Morgan fingerprint density at radius 3 is 0.972 bits per heavy atom. The number of nitrogens with zero attached hydrogens (tertiary/aromatic N) is 4. The van der Waals surface area contributed by atoms with E-state index in [1.54, 1.807) is 0 Å². The Labute approximate surface area is 205 Å². The van der Waals surface area contributed by atoms with E-state index >= 15 is 0 Å².